The Bertz CT molecular complexity index is 487. The number of hydrogen-bond donors (Lipinski definition) is 2. The number of nitrogens with one attached hydrogen (secondary N) is 1. The summed E-state index contributed by atoms with van der Waals surface area (Å²) in [7, 11) is 0. The summed E-state index contributed by atoms with van der Waals surface area (Å²) in [6, 6.07) is 0. The van der Waals surface area contributed by atoms with Crippen LogP contribution < -0.4 is 5.32 Å². The van der Waals surface area contributed by atoms with Crippen LogP contribution in [0.15, 0.2) is 0 Å². The summed E-state index contributed by atoms with van der Waals surface area (Å²) in [6.45, 7) is 5.68. The van der Waals surface area contributed by atoms with E-state index in [1.807, 2.05) is 13.8 Å². The Hall–Kier alpha value is -1.63. The highest BCUT2D eigenvalue weighted by Crippen LogP contribution is 2.25. The number of carboxylic acids is 1. The summed E-state index contributed by atoms with van der Waals surface area (Å²) in [5.41, 5.74) is -0.814. The van der Waals surface area contributed by atoms with E-state index in [2.05, 4.69) is 5.32 Å². The number of amides is 2. The molecule has 7 nitrogen and oxygen atoms in total. The Morgan fingerprint density at radius 2 is 2.17 bits per heavy atom. The molecule has 0 radical (unpaired) electrons. The second-order valence-electron chi connectivity index (χ2n) is 7.08. The van der Waals surface area contributed by atoms with Crippen LogP contribution in [0, 0.1) is 11.8 Å². The van der Waals surface area contributed by atoms with Gasteiger partial charge in [0.05, 0.1) is 24.5 Å². The third kappa shape index (κ3) is 4.47. The van der Waals surface area contributed by atoms with Crippen LogP contribution in [0.25, 0.3) is 0 Å². The number of aliphatic carboxylic acids is 1. The Balaban J connectivity index is 1.98. The van der Waals surface area contributed by atoms with Crippen LogP contribution >= 0.6 is 0 Å². The zero-order valence-corrected chi connectivity index (χ0v) is 14.5. The Kier molecular flexibility index (Phi) is 6.21. The number of carbonyl (C=O) groups is 3. The van der Waals surface area contributed by atoms with E-state index < -0.39 is 11.5 Å². The number of rotatable bonds is 6. The third-order valence-corrected chi connectivity index (χ3v) is 5.12. The van der Waals surface area contributed by atoms with Gasteiger partial charge in [0.15, 0.2) is 0 Å². The maximum Gasteiger partial charge on any atom is 0.305 e. The molecule has 3 atom stereocenters. The van der Waals surface area contributed by atoms with E-state index in [9.17, 15) is 14.4 Å². The summed E-state index contributed by atoms with van der Waals surface area (Å²) in [6.07, 6.45) is 2.67. The number of hydrogen-bond acceptors (Lipinski definition) is 4. The average molecular weight is 340 g/mol. The fraction of sp³-hybridized carbons (Fsp3) is 0.824. The third-order valence-electron chi connectivity index (χ3n) is 5.12. The Labute approximate surface area is 142 Å². The van der Waals surface area contributed by atoms with Gasteiger partial charge in [-0.25, -0.2) is 0 Å². The molecule has 2 rings (SSSR count). The predicted molar refractivity (Wildman–Crippen MR) is 87.3 cm³/mol. The lowest BCUT2D eigenvalue weighted by atomic mass is 9.90. The zero-order chi connectivity index (χ0) is 17.7. The second-order valence-corrected chi connectivity index (χ2v) is 7.08. The van der Waals surface area contributed by atoms with Crippen LogP contribution in [0.1, 0.15) is 46.0 Å². The number of nitrogens with zero attached hydrogens (tertiary/aromatic N) is 1. The fourth-order valence-electron chi connectivity index (χ4n) is 3.42. The molecule has 0 spiro atoms. The summed E-state index contributed by atoms with van der Waals surface area (Å²) in [4.78, 5) is 37.9. The monoisotopic (exact) mass is 340 g/mol. The Morgan fingerprint density at radius 1 is 1.42 bits per heavy atom. The molecule has 136 valence electrons. The van der Waals surface area contributed by atoms with Crippen molar-refractivity contribution >= 4 is 17.8 Å². The molecule has 2 saturated heterocycles. The van der Waals surface area contributed by atoms with Crippen LogP contribution in [0.2, 0.25) is 0 Å². The van der Waals surface area contributed by atoms with Crippen molar-refractivity contribution in [1.82, 2.24) is 10.2 Å². The first-order chi connectivity index (χ1) is 11.4. The minimum Gasteiger partial charge on any atom is -0.481 e. The van der Waals surface area contributed by atoms with Crippen molar-refractivity contribution in [2.45, 2.75) is 51.5 Å². The van der Waals surface area contributed by atoms with Gasteiger partial charge in [-0.3, -0.25) is 14.4 Å². The topological polar surface area (TPSA) is 95.9 Å². The van der Waals surface area contributed by atoms with Crippen molar-refractivity contribution in [2.75, 3.05) is 26.3 Å². The zero-order valence-electron chi connectivity index (χ0n) is 14.5. The Morgan fingerprint density at radius 3 is 2.75 bits per heavy atom. The molecule has 2 heterocycles. The highest BCUT2D eigenvalue weighted by molar-refractivity contribution is 5.83. The van der Waals surface area contributed by atoms with Crippen molar-refractivity contribution in [3.05, 3.63) is 0 Å². The lowest BCUT2D eigenvalue weighted by Crippen LogP contribution is -2.55. The molecule has 0 aromatic heterocycles. The van der Waals surface area contributed by atoms with Gasteiger partial charge in [0.25, 0.3) is 0 Å². The molecule has 7 heteroatoms. The summed E-state index contributed by atoms with van der Waals surface area (Å²) >= 11 is 0. The molecular weight excluding hydrogens is 312 g/mol. The molecule has 2 aliphatic heterocycles. The minimum absolute atomic E-state index is 0.0339. The van der Waals surface area contributed by atoms with Gasteiger partial charge in [0.2, 0.25) is 11.8 Å². The van der Waals surface area contributed by atoms with Crippen molar-refractivity contribution in [1.29, 1.82) is 0 Å². The predicted octanol–water partition coefficient (Wildman–Crippen LogP) is 1.02. The maximum absolute atomic E-state index is 12.7. The van der Waals surface area contributed by atoms with Crippen molar-refractivity contribution in [3.8, 4) is 0 Å². The van der Waals surface area contributed by atoms with Gasteiger partial charge in [0.1, 0.15) is 0 Å². The van der Waals surface area contributed by atoms with Gasteiger partial charge in [-0.1, -0.05) is 13.8 Å². The molecule has 2 N–H and O–H groups in total. The molecule has 2 amide bonds. The van der Waals surface area contributed by atoms with E-state index in [0.717, 1.165) is 19.3 Å². The van der Waals surface area contributed by atoms with E-state index in [1.54, 1.807) is 4.90 Å². The van der Waals surface area contributed by atoms with E-state index in [4.69, 9.17) is 9.84 Å². The number of ether oxygens (including phenoxy) is 1. The van der Waals surface area contributed by atoms with Gasteiger partial charge in [0, 0.05) is 25.6 Å². The average Bonchev–Trinajstić information content (AvgIpc) is 3.00. The van der Waals surface area contributed by atoms with Crippen molar-refractivity contribution in [3.63, 3.8) is 0 Å². The van der Waals surface area contributed by atoms with Gasteiger partial charge in [-0.15, -0.1) is 0 Å². The fourth-order valence-corrected chi connectivity index (χ4v) is 3.42. The summed E-state index contributed by atoms with van der Waals surface area (Å²) < 4.78 is 5.31. The number of likely N-dealkylation sites (tertiary alicyclic amines) is 1. The van der Waals surface area contributed by atoms with Crippen molar-refractivity contribution in [2.24, 2.45) is 11.8 Å². The molecule has 2 fully saturated rings. The number of carboxylic acid groups (broad SMARTS) is 1. The van der Waals surface area contributed by atoms with E-state index in [0.29, 0.717) is 26.1 Å². The molecule has 0 aliphatic carbocycles. The molecule has 0 aromatic carbocycles. The van der Waals surface area contributed by atoms with Crippen LogP contribution in [-0.4, -0.2) is 59.6 Å². The molecule has 3 unspecified atom stereocenters. The first kappa shape index (κ1) is 18.7. The number of carbonyl (C=O) groups excluding carboxylic acids is 2. The second kappa shape index (κ2) is 7.96. The van der Waals surface area contributed by atoms with Gasteiger partial charge >= 0.3 is 5.97 Å². The summed E-state index contributed by atoms with van der Waals surface area (Å²) in [5, 5.41) is 12.0. The SMILES string of the molecule is CCC(C)C(=O)N1CCCC(C(=O)NC2(CC(=O)O)CCOC2)C1. The molecule has 2 aliphatic rings. The van der Waals surface area contributed by atoms with Crippen LogP contribution in [0.3, 0.4) is 0 Å². The minimum atomic E-state index is -0.946. The van der Waals surface area contributed by atoms with Gasteiger partial charge < -0.3 is 20.1 Å². The molecule has 0 aromatic rings. The molecule has 0 saturated carbocycles. The van der Waals surface area contributed by atoms with Gasteiger partial charge in [-0.2, -0.15) is 0 Å². The lowest BCUT2D eigenvalue weighted by molar-refractivity contribution is -0.140. The van der Waals surface area contributed by atoms with Gasteiger partial charge in [-0.05, 0) is 25.7 Å². The van der Waals surface area contributed by atoms with E-state index in [1.165, 1.54) is 0 Å². The smallest absolute Gasteiger partial charge is 0.305 e. The summed E-state index contributed by atoms with van der Waals surface area (Å²) in [5.74, 6) is -1.33. The quantitative estimate of drug-likeness (QED) is 0.753. The van der Waals surface area contributed by atoms with Crippen LogP contribution in [0.5, 0.6) is 0 Å². The number of piperidine rings is 1. The van der Waals surface area contributed by atoms with E-state index in [-0.39, 0.29) is 36.7 Å². The highest BCUT2D eigenvalue weighted by atomic mass is 16.5. The van der Waals surface area contributed by atoms with Crippen LogP contribution in [-0.2, 0) is 19.1 Å². The maximum atomic E-state index is 12.7. The molecule has 24 heavy (non-hydrogen) atoms. The van der Waals surface area contributed by atoms with E-state index >= 15 is 0 Å². The normalized spacial score (nSPS) is 28.4. The largest absolute Gasteiger partial charge is 0.481 e. The van der Waals surface area contributed by atoms with Crippen molar-refractivity contribution < 1.29 is 24.2 Å². The molecular formula is C17H28N2O5. The molecule has 0 bridgehead atoms. The lowest BCUT2D eigenvalue weighted by Gasteiger charge is -2.36. The standard InChI is InChI=1S/C17H28N2O5/c1-3-12(2)16(23)19-7-4-5-13(10-19)15(22)18-17(9-14(20)21)6-8-24-11-17/h12-13H,3-11H2,1-2H3,(H,18,22)(H,20,21). The van der Waals surface area contributed by atoms with Crippen LogP contribution in [0.4, 0.5) is 0 Å². The highest BCUT2D eigenvalue weighted by Gasteiger charge is 2.40. The first-order valence-electron chi connectivity index (χ1n) is 8.77. The first-order valence-corrected chi connectivity index (χ1v) is 8.77.